The summed E-state index contributed by atoms with van der Waals surface area (Å²) < 4.78 is 0. The molecule has 0 radical (unpaired) electrons. The monoisotopic (exact) mass is 174 g/mol. The third kappa shape index (κ3) is 3.31. The van der Waals surface area contributed by atoms with Crippen molar-refractivity contribution in [3.63, 3.8) is 0 Å². The van der Waals surface area contributed by atoms with Crippen LogP contribution in [-0.2, 0) is 0 Å². The Morgan fingerprint density at radius 3 is 2.46 bits per heavy atom. The number of aliphatic hydroxyl groups excluding tert-OH is 1. The molecule has 0 fully saturated rings. The molecular weight excluding hydrogens is 160 g/mol. The molecular formula is C12H14O. The highest BCUT2D eigenvalue weighted by molar-refractivity contribution is 5.36. The first kappa shape index (κ1) is 9.83. The van der Waals surface area contributed by atoms with Crippen LogP contribution >= 0.6 is 0 Å². The predicted octanol–water partition coefficient (Wildman–Crippen LogP) is 2.12. The number of aliphatic hydroxyl groups is 1. The lowest BCUT2D eigenvalue weighted by molar-refractivity contribution is 0.228. The molecule has 0 aliphatic carbocycles. The third-order valence-corrected chi connectivity index (χ3v) is 1.82. The lowest BCUT2D eigenvalue weighted by Crippen LogP contribution is -1.98. The smallest absolute Gasteiger partial charge is 0.114 e. The van der Waals surface area contributed by atoms with Gasteiger partial charge in [0.15, 0.2) is 0 Å². The van der Waals surface area contributed by atoms with Crippen LogP contribution in [0.25, 0.3) is 0 Å². The zero-order valence-electron chi connectivity index (χ0n) is 8.04. The van der Waals surface area contributed by atoms with Crippen molar-refractivity contribution in [2.45, 2.75) is 26.4 Å². The van der Waals surface area contributed by atoms with E-state index in [0.29, 0.717) is 6.42 Å². The van der Waals surface area contributed by atoms with E-state index in [1.54, 1.807) is 0 Å². The van der Waals surface area contributed by atoms with Crippen LogP contribution in [0.5, 0.6) is 0 Å². The van der Waals surface area contributed by atoms with Crippen LogP contribution in [0.15, 0.2) is 24.3 Å². The lowest BCUT2D eigenvalue weighted by atomic mass is 10.1. The molecule has 1 N–H and O–H groups in total. The molecule has 0 bridgehead atoms. The second-order valence-corrected chi connectivity index (χ2v) is 3.06. The zero-order valence-corrected chi connectivity index (χ0v) is 8.04. The molecule has 1 aromatic carbocycles. The molecule has 1 heteroatoms. The van der Waals surface area contributed by atoms with E-state index >= 15 is 0 Å². The minimum atomic E-state index is -0.499. The average Bonchev–Trinajstić information content (AvgIpc) is 2.16. The van der Waals surface area contributed by atoms with Crippen LogP contribution in [0.1, 0.15) is 24.5 Å². The summed E-state index contributed by atoms with van der Waals surface area (Å²) >= 11 is 0. The van der Waals surface area contributed by atoms with Gasteiger partial charge in [-0.3, -0.25) is 0 Å². The molecule has 0 heterocycles. The summed E-state index contributed by atoms with van der Waals surface area (Å²) in [4.78, 5) is 0. The fourth-order valence-corrected chi connectivity index (χ4v) is 0.906. The van der Waals surface area contributed by atoms with Gasteiger partial charge in [-0.2, -0.15) is 0 Å². The van der Waals surface area contributed by atoms with Gasteiger partial charge in [0.05, 0.1) is 0 Å². The first-order valence-corrected chi connectivity index (χ1v) is 4.48. The third-order valence-electron chi connectivity index (χ3n) is 1.82. The van der Waals surface area contributed by atoms with E-state index in [4.69, 9.17) is 0 Å². The molecule has 0 saturated heterocycles. The van der Waals surface area contributed by atoms with Gasteiger partial charge < -0.3 is 5.11 Å². The molecule has 1 atom stereocenters. The van der Waals surface area contributed by atoms with Crippen LogP contribution in [0.2, 0.25) is 0 Å². The number of benzene rings is 1. The maximum Gasteiger partial charge on any atom is 0.114 e. The van der Waals surface area contributed by atoms with E-state index in [9.17, 15) is 5.11 Å². The van der Waals surface area contributed by atoms with Crippen LogP contribution in [-0.4, -0.2) is 11.2 Å². The van der Waals surface area contributed by atoms with Gasteiger partial charge in [0.2, 0.25) is 0 Å². The summed E-state index contributed by atoms with van der Waals surface area (Å²) in [5.74, 6) is 5.70. The summed E-state index contributed by atoms with van der Waals surface area (Å²) in [6, 6.07) is 7.96. The molecule has 0 aromatic heterocycles. The molecule has 1 rings (SSSR count). The van der Waals surface area contributed by atoms with Crippen LogP contribution in [0.4, 0.5) is 0 Å². The van der Waals surface area contributed by atoms with E-state index < -0.39 is 6.10 Å². The van der Waals surface area contributed by atoms with Crippen molar-refractivity contribution < 1.29 is 5.11 Å². The molecule has 13 heavy (non-hydrogen) atoms. The Morgan fingerprint density at radius 2 is 1.92 bits per heavy atom. The molecule has 1 nitrogen and oxygen atoms in total. The average molecular weight is 174 g/mol. The van der Waals surface area contributed by atoms with Crippen molar-refractivity contribution in [2.75, 3.05) is 0 Å². The standard InChI is InChI=1S/C12H14O/c1-3-12(13)9-8-11-6-4-10(2)5-7-11/h4-7,12-13H,3H2,1-2H3. The summed E-state index contributed by atoms with van der Waals surface area (Å²) in [6.07, 6.45) is 0.181. The van der Waals surface area contributed by atoms with Crippen molar-refractivity contribution in [1.29, 1.82) is 0 Å². The Hall–Kier alpha value is -1.26. The summed E-state index contributed by atoms with van der Waals surface area (Å²) in [7, 11) is 0. The van der Waals surface area contributed by atoms with Gasteiger partial charge in [0.1, 0.15) is 6.10 Å². The highest BCUT2D eigenvalue weighted by Gasteiger charge is 1.91. The van der Waals surface area contributed by atoms with Crippen LogP contribution < -0.4 is 0 Å². The molecule has 1 aromatic rings. The number of rotatable bonds is 1. The fourth-order valence-electron chi connectivity index (χ4n) is 0.906. The van der Waals surface area contributed by atoms with E-state index in [1.807, 2.05) is 38.1 Å². The van der Waals surface area contributed by atoms with E-state index in [1.165, 1.54) is 5.56 Å². The van der Waals surface area contributed by atoms with Crippen LogP contribution in [0.3, 0.4) is 0 Å². The van der Waals surface area contributed by atoms with Gasteiger partial charge >= 0.3 is 0 Å². The van der Waals surface area contributed by atoms with Crippen molar-refractivity contribution in [1.82, 2.24) is 0 Å². The number of hydrogen-bond donors (Lipinski definition) is 1. The quantitative estimate of drug-likeness (QED) is 0.646. The normalized spacial score (nSPS) is 11.6. The zero-order chi connectivity index (χ0) is 9.68. The lowest BCUT2D eigenvalue weighted by Gasteiger charge is -1.95. The Balaban J connectivity index is 2.72. The second kappa shape index (κ2) is 4.69. The first-order valence-electron chi connectivity index (χ1n) is 4.48. The van der Waals surface area contributed by atoms with E-state index in [2.05, 4.69) is 11.8 Å². The number of hydrogen-bond acceptors (Lipinski definition) is 1. The summed E-state index contributed by atoms with van der Waals surface area (Å²) in [5.41, 5.74) is 2.18. The van der Waals surface area contributed by atoms with Crippen molar-refractivity contribution in [2.24, 2.45) is 0 Å². The van der Waals surface area contributed by atoms with Gasteiger partial charge in [-0.25, -0.2) is 0 Å². The SMILES string of the molecule is CCC(O)C#Cc1ccc(C)cc1. The molecule has 68 valence electrons. The van der Waals surface area contributed by atoms with Crippen LogP contribution in [0, 0.1) is 18.8 Å². The van der Waals surface area contributed by atoms with Gasteiger partial charge in [0, 0.05) is 5.56 Å². The van der Waals surface area contributed by atoms with Crippen molar-refractivity contribution >= 4 is 0 Å². The van der Waals surface area contributed by atoms with E-state index in [-0.39, 0.29) is 0 Å². The fraction of sp³-hybridized carbons (Fsp3) is 0.333. The summed E-state index contributed by atoms with van der Waals surface area (Å²) in [5, 5.41) is 9.20. The summed E-state index contributed by atoms with van der Waals surface area (Å²) in [6.45, 7) is 3.95. The van der Waals surface area contributed by atoms with E-state index in [0.717, 1.165) is 5.56 Å². The first-order chi connectivity index (χ1) is 6.22. The largest absolute Gasteiger partial charge is 0.380 e. The predicted molar refractivity (Wildman–Crippen MR) is 54.4 cm³/mol. The van der Waals surface area contributed by atoms with Crippen molar-refractivity contribution in [3.05, 3.63) is 35.4 Å². The van der Waals surface area contributed by atoms with Gasteiger partial charge in [-0.1, -0.05) is 36.5 Å². The maximum atomic E-state index is 9.20. The molecule has 0 spiro atoms. The van der Waals surface area contributed by atoms with Gasteiger partial charge in [-0.05, 0) is 25.5 Å². The Kier molecular flexibility index (Phi) is 3.54. The van der Waals surface area contributed by atoms with Crippen molar-refractivity contribution in [3.8, 4) is 11.8 Å². The Bertz CT molecular complexity index is 313. The molecule has 1 unspecified atom stereocenters. The highest BCUT2D eigenvalue weighted by atomic mass is 16.3. The second-order valence-electron chi connectivity index (χ2n) is 3.06. The minimum Gasteiger partial charge on any atom is -0.380 e. The highest BCUT2D eigenvalue weighted by Crippen LogP contribution is 2.01. The Labute approximate surface area is 79.4 Å². The molecule has 0 aliphatic rings. The maximum absolute atomic E-state index is 9.20. The molecule has 0 saturated carbocycles. The molecule has 0 aliphatic heterocycles. The number of aryl methyl sites for hydroxylation is 1. The molecule has 0 amide bonds. The topological polar surface area (TPSA) is 20.2 Å². The van der Waals surface area contributed by atoms with Gasteiger partial charge in [0.25, 0.3) is 0 Å². The van der Waals surface area contributed by atoms with Gasteiger partial charge in [-0.15, -0.1) is 0 Å². The minimum absolute atomic E-state index is 0.499. The Morgan fingerprint density at radius 1 is 1.31 bits per heavy atom.